The van der Waals surface area contributed by atoms with E-state index in [-0.39, 0.29) is 0 Å². The summed E-state index contributed by atoms with van der Waals surface area (Å²) in [5.74, 6) is 1.19. The van der Waals surface area contributed by atoms with E-state index in [9.17, 15) is 5.11 Å². The summed E-state index contributed by atoms with van der Waals surface area (Å²) >= 11 is 6.43. The van der Waals surface area contributed by atoms with Gasteiger partial charge >= 0.3 is 0 Å². The summed E-state index contributed by atoms with van der Waals surface area (Å²) in [6, 6.07) is 0. The SMILES string of the molecule is O[C@]12CCCC[C@H]1CN(c1nc3c(nc1Cl)CCCC3)CC2. The Bertz CT molecular complexity index is 579. The van der Waals surface area contributed by atoms with Gasteiger partial charge in [-0.05, 0) is 44.9 Å². The van der Waals surface area contributed by atoms with E-state index in [1.807, 2.05) is 0 Å². The zero-order valence-corrected chi connectivity index (χ0v) is 13.8. The third kappa shape index (κ3) is 2.50. The summed E-state index contributed by atoms with van der Waals surface area (Å²) in [4.78, 5) is 11.7. The lowest BCUT2D eigenvalue weighted by molar-refractivity contribution is -0.0613. The number of fused-ring (bicyclic) bond motifs is 2. The van der Waals surface area contributed by atoms with Gasteiger partial charge in [0.05, 0.1) is 17.0 Å². The zero-order valence-electron chi connectivity index (χ0n) is 13.0. The fourth-order valence-electron chi connectivity index (χ4n) is 4.42. The Balaban J connectivity index is 1.60. The van der Waals surface area contributed by atoms with E-state index in [1.165, 1.54) is 19.3 Å². The van der Waals surface area contributed by atoms with Crippen LogP contribution in [0.2, 0.25) is 5.15 Å². The van der Waals surface area contributed by atoms with Gasteiger partial charge in [-0.1, -0.05) is 24.4 Å². The van der Waals surface area contributed by atoms with Gasteiger partial charge in [-0.3, -0.25) is 0 Å². The van der Waals surface area contributed by atoms with Crippen LogP contribution in [0.15, 0.2) is 0 Å². The van der Waals surface area contributed by atoms with Crippen molar-refractivity contribution >= 4 is 17.4 Å². The van der Waals surface area contributed by atoms with Crippen molar-refractivity contribution in [1.29, 1.82) is 0 Å². The number of halogens is 1. The highest BCUT2D eigenvalue weighted by atomic mass is 35.5. The van der Waals surface area contributed by atoms with Gasteiger partial charge in [0, 0.05) is 19.0 Å². The molecule has 0 aromatic carbocycles. The van der Waals surface area contributed by atoms with E-state index < -0.39 is 5.60 Å². The number of nitrogens with zero attached hydrogens (tertiary/aromatic N) is 3. The highest BCUT2D eigenvalue weighted by Crippen LogP contribution is 2.41. The maximum Gasteiger partial charge on any atom is 0.171 e. The molecule has 4 rings (SSSR count). The lowest BCUT2D eigenvalue weighted by Crippen LogP contribution is -2.53. The van der Waals surface area contributed by atoms with Crippen molar-refractivity contribution in [3.63, 3.8) is 0 Å². The Morgan fingerprint density at radius 2 is 1.82 bits per heavy atom. The van der Waals surface area contributed by atoms with Crippen molar-refractivity contribution in [2.24, 2.45) is 5.92 Å². The van der Waals surface area contributed by atoms with Gasteiger partial charge in [-0.2, -0.15) is 0 Å². The number of rotatable bonds is 1. The van der Waals surface area contributed by atoms with Crippen LogP contribution in [0.5, 0.6) is 0 Å². The van der Waals surface area contributed by atoms with Gasteiger partial charge < -0.3 is 10.0 Å². The summed E-state index contributed by atoms with van der Waals surface area (Å²) in [5.41, 5.74) is 1.77. The Hall–Kier alpha value is -0.870. The molecule has 3 aliphatic rings. The van der Waals surface area contributed by atoms with Crippen molar-refractivity contribution in [3.8, 4) is 0 Å². The number of hydrogen-bond donors (Lipinski definition) is 1. The molecule has 2 heterocycles. The molecule has 2 fully saturated rings. The second-order valence-corrected chi connectivity index (χ2v) is 7.54. The molecule has 0 unspecified atom stereocenters. The molecule has 2 aliphatic carbocycles. The molecule has 0 spiro atoms. The molecule has 4 nitrogen and oxygen atoms in total. The maximum atomic E-state index is 10.8. The van der Waals surface area contributed by atoms with E-state index in [1.54, 1.807) is 0 Å². The minimum absolute atomic E-state index is 0.351. The minimum atomic E-state index is -0.455. The fraction of sp³-hybridized carbons (Fsp3) is 0.765. The fourth-order valence-corrected chi connectivity index (χ4v) is 4.69. The predicted molar refractivity (Wildman–Crippen MR) is 87.4 cm³/mol. The number of aryl methyl sites for hydroxylation is 2. The number of piperidine rings is 1. The first kappa shape index (κ1) is 14.7. The summed E-state index contributed by atoms with van der Waals surface area (Å²) < 4.78 is 0. The number of anilines is 1. The van der Waals surface area contributed by atoms with Gasteiger partial charge in [0.15, 0.2) is 11.0 Å². The first-order chi connectivity index (χ1) is 10.7. The highest BCUT2D eigenvalue weighted by molar-refractivity contribution is 6.31. The molecule has 1 N–H and O–H groups in total. The van der Waals surface area contributed by atoms with Crippen LogP contribution in [-0.4, -0.2) is 33.8 Å². The number of hydrogen-bond acceptors (Lipinski definition) is 4. The van der Waals surface area contributed by atoms with Crippen LogP contribution in [-0.2, 0) is 12.8 Å². The predicted octanol–water partition coefficient (Wildman–Crippen LogP) is 3.14. The first-order valence-corrected chi connectivity index (χ1v) is 9.06. The van der Waals surface area contributed by atoms with Gasteiger partial charge in [0.25, 0.3) is 0 Å². The smallest absolute Gasteiger partial charge is 0.171 e. The second-order valence-electron chi connectivity index (χ2n) is 7.18. The molecule has 1 aromatic rings. The van der Waals surface area contributed by atoms with Crippen molar-refractivity contribution < 1.29 is 5.11 Å². The van der Waals surface area contributed by atoms with Gasteiger partial charge in [0.2, 0.25) is 0 Å². The van der Waals surface area contributed by atoms with Crippen molar-refractivity contribution in [3.05, 3.63) is 16.5 Å². The molecule has 120 valence electrons. The number of aromatic nitrogens is 2. The Morgan fingerprint density at radius 3 is 2.64 bits per heavy atom. The van der Waals surface area contributed by atoms with Crippen LogP contribution < -0.4 is 4.90 Å². The van der Waals surface area contributed by atoms with E-state index in [0.29, 0.717) is 11.1 Å². The number of aliphatic hydroxyl groups is 1. The summed E-state index contributed by atoms with van der Waals surface area (Å²) in [6.07, 6.45) is 9.70. The van der Waals surface area contributed by atoms with Crippen molar-refractivity contribution in [1.82, 2.24) is 9.97 Å². The van der Waals surface area contributed by atoms with Crippen LogP contribution in [0.25, 0.3) is 0 Å². The molecule has 1 saturated carbocycles. The molecule has 0 amide bonds. The van der Waals surface area contributed by atoms with Gasteiger partial charge in [0.1, 0.15) is 0 Å². The summed E-state index contributed by atoms with van der Waals surface area (Å²) in [7, 11) is 0. The second kappa shape index (κ2) is 5.64. The normalized spacial score (nSPS) is 31.5. The molecule has 0 radical (unpaired) electrons. The Kier molecular flexibility index (Phi) is 3.77. The minimum Gasteiger partial charge on any atom is -0.389 e. The largest absolute Gasteiger partial charge is 0.389 e. The van der Waals surface area contributed by atoms with Crippen LogP contribution in [0.1, 0.15) is 56.3 Å². The monoisotopic (exact) mass is 321 g/mol. The molecule has 5 heteroatoms. The lowest BCUT2D eigenvalue weighted by atomic mass is 9.71. The standard InChI is InChI=1S/C17H24ClN3O/c18-15-16(20-14-7-2-1-6-13(14)19-15)21-10-9-17(22)8-4-3-5-12(17)11-21/h12,22H,1-11H2/t12-,17-/m0/s1. The van der Waals surface area contributed by atoms with E-state index in [4.69, 9.17) is 16.6 Å². The van der Waals surface area contributed by atoms with Crippen LogP contribution in [0.3, 0.4) is 0 Å². The Morgan fingerprint density at radius 1 is 1.05 bits per heavy atom. The molecule has 0 bridgehead atoms. The topological polar surface area (TPSA) is 49.2 Å². The molecule has 2 atom stereocenters. The van der Waals surface area contributed by atoms with E-state index in [2.05, 4.69) is 9.88 Å². The average molecular weight is 322 g/mol. The third-order valence-electron chi connectivity index (χ3n) is 5.80. The van der Waals surface area contributed by atoms with Crippen molar-refractivity contribution in [2.45, 2.75) is 63.4 Å². The average Bonchev–Trinajstić information content (AvgIpc) is 2.53. The maximum absolute atomic E-state index is 10.8. The highest BCUT2D eigenvalue weighted by Gasteiger charge is 2.43. The molecular weight excluding hydrogens is 298 g/mol. The van der Waals surface area contributed by atoms with Gasteiger partial charge in [-0.25, -0.2) is 9.97 Å². The van der Waals surface area contributed by atoms with Crippen LogP contribution in [0.4, 0.5) is 5.82 Å². The summed E-state index contributed by atoms with van der Waals surface area (Å²) in [5, 5.41) is 11.4. The summed E-state index contributed by atoms with van der Waals surface area (Å²) in [6.45, 7) is 1.70. The lowest BCUT2D eigenvalue weighted by Gasteiger charge is -2.47. The van der Waals surface area contributed by atoms with Crippen molar-refractivity contribution in [2.75, 3.05) is 18.0 Å². The molecular formula is C17H24ClN3O. The quantitative estimate of drug-likeness (QED) is 0.863. The third-order valence-corrected chi connectivity index (χ3v) is 6.05. The molecule has 1 saturated heterocycles. The Labute approximate surface area is 136 Å². The molecule has 22 heavy (non-hydrogen) atoms. The molecule has 1 aliphatic heterocycles. The van der Waals surface area contributed by atoms with E-state index in [0.717, 1.165) is 68.8 Å². The zero-order chi connectivity index (χ0) is 15.2. The van der Waals surface area contributed by atoms with Gasteiger partial charge in [-0.15, -0.1) is 0 Å². The van der Waals surface area contributed by atoms with Crippen LogP contribution in [0, 0.1) is 5.92 Å². The van der Waals surface area contributed by atoms with Crippen LogP contribution >= 0.6 is 11.6 Å². The molecule has 1 aromatic heterocycles. The van der Waals surface area contributed by atoms with E-state index >= 15 is 0 Å². The first-order valence-electron chi connectivity index (χ1n) is 8.68.